The van der Waals surface area contributed by atoms with Crippen LogP contribution in [0, 0.1) is 6.92 Å². The summed E-state index contributed by atoms with van der Waals surface area (Å²) in [4.78, 5) is 32.2. The van der Waals surface area contributed by atoms with Crippen LogP contribution in [0.2, 0.25) is 5.02 Å². The highest BCUT2D eigenvalue weighted by Gasteiger charge is 2.28. The van der Waals surface area contributed by atoms with E-state index in [9.17, 15) is 9.59 Å². The average molecular weight is 458 g/mol. The Morgan fingerprint density at radius 3 is 2.94 bits per heavy atom. The van der Waals surface area contributed by atoms with Crippen molar-refractivity contribution < 1.29 is 13.9 Å². The number of hydrogen-bond donors (Lipinski definition) is 0. The molecule has 0 saturated carbocycles. The Hall–Kier alpha value is -2.68. The fourth-order valence-electron chi connectivity index (χ4n) is 3.87. The quantitative estimate of drug-likeness (QED) is 0.444. The lowest BCUT2D eigenvalue weighted by atomic mass is 10.2. The average Bonchev–Trinajstić information content (AvgIpc) is 3.49. The molecule has 3 heterocycles. The molecular formula is C22H20ClN3O4S. The normalized spacial score (nSPS) is 16.4. The van der Waals surface area contributed by atoms with Crippen LogP contribution < -0.4 is 10.7 Å². The fourth-order valence-corrected chi connectivity index (χ4v) is 5.21. The number of rotatable bonds is 5. The van der Waals surface area contributed by atoms with Gasteiger partial charge in [0.1, 0.15) is 6.54 Å². The van der Waals surface area contributed by atoms with Crippen LogP contribution in [0.15, 0.2) is 45.6 Å². The molecule has 9 heteroatoms. The summed E-state index contributed by atoms with van der Waals surface area (Å²) >= 11 is 7.76. The standard InChI is InChI=1S/C22H20ClN3O4S/c1-13-8-9-15(23)20-19(13)24-21(31-20)26(11-14-5-4-10-29-14)18(27)12-25-16-6-2-3-7-17(16)30-22(25)28/h2-3,6-9,14H,4-5,10-12H2,1H3. The Balaban J connectivity index is 1.53. The van der Waals surface area contributed by atoms with E-state index >= 15 is 0 Å². The SMILES string of the molecule is Cc1ccc(Cl)c2sc(N(CC3CCCO3)C(=O)Cn3c(=O)oc4ccccc43)nc12. The summed E-state index contributed by atoms with van der Waals surface area (Å²) in [5.74, 6) is -0.813. The lowest BCUT2D eigenvalue weighted by Gasteiger charge is -2.23. The van der Waals surface area contributed by atoms with Crippen molar-refractivity contribution in [3.8, 4) is 0 Å². The molecule has 4 aromatic rings. The first-order valence-electron chi connectivity index (χ1n) is 10.1. The highest BCUT2D eigenvalue weighted by Crippen LogP contribution is 2.36. The van der Waals surface area contributed by atoms with Gasteiger partial charge in [0.05, 0.1) is 33.4 Å². The van der Waals surface area contributed by atoms with Gasteiger partial charge in [0, 0.05) is 6.61 Å². The summed E-state index contributed by atoms with van der Waals surface area (Å²) in [5.41, 5.74) is 2.81. The second-order valence-electron chi connectivity index (χ2n) is 7.60. The summed E-state index contributed by atoms with van der Waals surface area (Å²) in [6, 6.07) is 10.8. The first kappa shape index (κ1) is 20.2. The van der Waals surface area contributed by atoms with Crippen molar-refractivity contribution in [1.29, 1.82) is 0 Å². The van der Waals surface area contributed by atoms with Crippen molar-refractivity contribution in [3.63, 3.8) is 0 Å². The Morgan fingerprint density at radius 1 is 1.32 bits per heavy atom. The largest absolute Gasteiger partial charge is 0.420 e. The third-order valence-corrected chi connectivity index (χ3v) is 7.03. The smallest absolute Gasteiger partial charge is 0.408 e. The summed E-state index contributed by atoms with van der Waals surface area (Å²) in [7, 11) is 0. The minimum atomic E-state index is -0.560. The van der Waals surface area contributed by atoms with Gasteiger partial charge in [-0.1, -0.05) is 41.1 Å². The Morgan fingerprint density at radius 2 is 2.16 bits per heavy atom. The van der Waals surface area contributed by atoms with Crippen molar-refractivity contribution in [2.24, 2.45) is 0 Å². The number of nitrogens with zero attached hydrogens (tertiary/aromatic N) is 3. The van der Waals surface area contributed by atoms with Gasteiger partial charge < -0.3 is 9.15 Å². The second kappa shape index (κ2) is 8.11. The number of hydrogen-bond acceptors (Lipinski definition) is 6. The molecule has 0 aliphatic carbocycles. The zero-order valence-electron chi connectivity index (χ0n) is 16.8. The third-order valence-electron chi connectivity index (χ3n) is 5.50. The molecule has 0 N–H and O–H groups in total. The van der Waals surface area contributed by atoms with Crippen molar-refractivity contribution in [1.82, 2.24) is 9.55 Å². The van der Waals surface area contributed by atoms with E-state index in [4.69, 9.17) is 25.7 Å². The van der Waals surface area contributed by atoms with Gasteiger partial charge in [-0.3, -0.25) is 14.3 Å². The Labute approximate surface area is 186 Å². The number of amides is 1. The van der Waals surface area contributed by atoms with E-state index in [1.165, 1.54) is 15.9 Å². The molecule has 1 aliphatic rings. The number of aryl methyl sites for hydroxylation is 1. The van der Waals surface area contributed by atoms with Crippen LogP contribution in [-0.2, 0) is 16.1 Å². The van der Waals surface area contributed by atoms with E-state index < -0.39 is 5.76 Å². The maximum absolute atomic E-state index is 13.4. The molecule has 2 aromatic carbocycles. The van der Waals surface area contributed by atoms with Crippen molar-refractivity contribution in [2.45, 2.75) is 32.4 Å². The van der Waals surface area contributed by atoms with Gasteiger partial charge in [0.15, 0.2) is 10.7 Å². The van der Waals surface area contributed by atoms with Crippen molar-refractivity contribution in [2.75, 3.05) is 18.1 Å². The lowest BCUT2D eigenvalue weighted by molar-refractivity contribution is -0.119. The number of anilines is 1. The molecular weight excluding hydrogens is 438 g/mol. The van der Waals surface area contributed by atoms with Crippen LogP contribution in [0.3, 0.4) is 0 Å². The predicted molar refractivity (Wildman–Crippen MR) is 121 cm³/mol. The van der Waals surface area contributed by atoms with E-state index in [0.29, 0.717) is 34.4 Å². The Kier molecular flexibility index (Phi) is 5.29. The van der Waals surface area contributed by atoms with Gasteiger partial charge in [0.2, 0.25) is 5.91 Å². The maximum atomic E-state index is 13.4. The third kappa shape index (κ3) is 3.75. The number of para-hydroxylation sites is 2. The topological polar surface area (TPSA) is 77.6 Å². The summed E-state index contributed by atoms with van der Waals surface area (Å²) in [6.45, 7) is 2.87. The number of aromatic nitrogens is 2. The molecule has 2 aromatic heterocycles. The van der Waals surface area contributed by atoms with Crippen LogP contribution in [-0.4, -0.2) is 34.7 Å². The number of ether oxygens (including phenoxy) is 1. The van der Waals surface area contributed by atoms with Gasteiger partial charge in [-0.25, -0.2) is 9.78 Å². The van der Waals surface area contributed by atoms with Gasteiger partial charge >= 0.3 is 5.76 Å². The van der Waals surface area contributed by atoms with Gasteiger partial charge in [0.25, 0.3) is 0 Å². The van der Waals surface area contributed by atoms with E-state index in [1.54, 1.807) is 29.2 Å². The van der Waals surface area contributed by atoms with Crippen LogP contribution in [0.4, 0.5) is 5.13 Å². The van der Waals surface area contributed by atoms with Gasteiger partial charge in [-0.2, -0.15) is 0 Å². The number of halogens is 1. The van der Waals surface area contributed by atoms with Crippen molar-refractivity contribution in [3.05, 3.63) is 57.5 Å². The van der Waals surface area contributed by atoms with Crippen LogP contribution in [0.1, 0.15) is 18.4 Å². The monoisotopic (exact) mass is 457 g/mol. The number of thiazole rings is 1. The molecule has 0 radical (unpaired) electrons. The van der Waals surface area contributed by atoms with Gasteiger partial charge in [-0.15, -0.1) is 0 Å². The molecule has 1 aliphatic heterocycles. The van der Waals surface area contributed by atoms with E-state index in [2.05, 4.69) is 0 Å². The highest BCUT2D eigenvalue weighted by molar-refractivity contribution is 7.23. The number of fused-ring (bicyclic) bond motifs is 2. The van der Waals surface area contributed by atoms with E-state index in [1.807, 2.05) is 19.1 Å². The zero-order chi connectivity index (χ0) is 21.5. The molecule has 1 fully saturated rings. The molecule has 0 bridgehead atoms. The number of carbonyl (C=O) groups is 1. The van der Waals surface area contributed by atoms with Crippen LogP contribution in [0.25, 0.3) is 21.3 Å². The maximum Gasteiger partial charge on any atom is 0.420 e. The number of oxazole rings is 1. The first-order chi connectivity index (χ1) is 15.0. The highest BCUT2D eigenvalue weighted by atomic mass is 35.5. The number of carbonyl (C=O) groups excluding carboxylic acids is 1. The minimum Gasteiger partial charge on any atom is -0.408 e. The fraction of sp³-hybridized carbons (Fsp3) is 0.318. The molecule has 1 atom stereocenters. The molecule has 160 valence electrons. The lowest BCUT2D eigenvalue weighted by Crippen LogP contribution is -2.40. The van der Waals surface area contributed by atoms with Crippen molar-refractivity contribution >= 4 is 55.3 Å². The van der Waals surface area contributed by atoms with Crippen LogP contribution in [0.5, 0.6) is 0 Å². The van der Waals surface area contributed by atoms with E-state index in [-0.39, 0.29) is 18.6 Å². The molecule has 1 unspecified atom stereocenters. The summed E-state index contributed by atoms with van der Waals surface area (Å²) in [6.07, 6.45) is 1.78. The Bertz CT molecular complexity index is 1300. The summed E-state index contributed by atoms with van der Waals surface area (Å²) < 4.78 is 13.2. The molecule has 0 spiro atoms. The molecule has 1 amide bonds. The van der Waals surface area contributed by atoms with Crippen LogP contribution >= 0.6 is 22.9 Å². The first-order valence-corrected chi connectivity index (χ1v) is 11.3. The number of benzene rings is 2. The predicted octanol–water partition coefficient (Wildman–Crippen LogP) is 4.38. The van der Waals surface area contributed by atoms with Gasteiger partial charge in [-0.05, 0) is 43.5 Å². The van der Waals surface area contributed by atoms with E-state index in [0.717, 1.165) is 28.6 Å². The molecule has 31 heavy (non-hydrogen) atoms. The summed E-state index contributed by atoms with van der Waals surface area (Å²) in [5, 5.41) is 1.15. The zero-order valence-corrected chi connectivity index (χ0v) is 18.4. The second-order valence-corrected chi connectivity index (χ2v) is 8.98. The molecule has 7 nitrogen and oxygen atoms in total. The molecule has 5 rings (SSSR count). The minimum absolute atomic E-state index is 0.0645. The molecule has 1 saturated heterocycles.